The molecule has 94 valence electrons. The highest BCUT2D eigenvalue weighted by Gasteiger charge is 2.18. The third kappa shape index (κ3) is 3.50. The van der Waals surface area contributed by atoms with Crippen LogP contribution in [0.25, 0.3) is 0 Å². The second-order valence-corrected chi connectivity index (χ2v) is 5.44. The molecule has 0 bridgehead atoms. The summed E-state index contributed by atoms with van der Waals surface area (Å²) in [4.78, 5) is 0.272. The van der Waals surface area contributed by atoms with Crippen LogP contribution in [0, 0.1) is 0 Å². The Bertz CT molecular complexity index is 440. The minimum absolute atomic E-state index is 0.272. The topological polar surface area (TPSA) is 64.6 Å². The summed E-state index contributed by atoms with van der Waals surface area (Å²) in [5, 5.41) is 0. The van der Waals surface area contributed by atoms with Crippen LogP contribution in [0.1, 0.15) is 6.42 Å². The van der Waals surface area contributed by atoms with Crippen LogP contribution in [-0.2, 0) is 19.5 Å². The molecule has 1 saturated heterocycles. The van der Waals surface area contributed by atoms with Crippen molar-refractivity contribution in [2.45, 2.75) is 17.6 Å². The van der Waals surface area contributed by atoms with Gasteiger partial charge >= 0.3 is 0 Å². The molecule has 5 nitrogen and oxygen atoms in total. The predicted octanol–water partition coefficient (Wildman–Crippen LogP) is 0.728. The Balaban J connectivity index is 1.85. The number of nitrogens with one attached hydrogen (secondary N) is 1. The predicted molar refractivity (Wildman–Crippen MR) is 61.9 cm³/mol. The quantitative estimate of drug-likeness (QED) is 0.844. The molecular formula is C11H15NO4S. The molecule has 0 aliphatic carbocycles. The van der Waals surface area contributed by atoms with Crippen LogP contribution in [0.5, 0.6) is 0 Å². The second-order valence-electron chi connectivity index (χ2n) is 3.67. The van der Waals surface area contributed by atoms with Gasteiger partial charge in [0.2, 0.25) is 10.0 Å². The van der Waals surface area contributed by atoms with Crippen molar-refractivity contribution in [2.75, 3.05) is 19.8 Å². The van der Waals surface area contributed by atoms with Gasteiger partial charge in [0.15, 0.2) is 6.29 Å². The average molecular weight is 257 g/mol. The second kappa shape index (κ2) is 5.59. The third-order valence-corrected chi connectivity index (χ3v) is 3.89. The molecule has 1 aliphatic rings. The lowest BCUT2D eigenvalue weighted by molar-refractivity contribution is -0.0451. The van der Waals surface area contributed by atoms with Crippen molar-refractivity contribution in [1.29, 1.82) is 0 Å². The SMILES string of the molecule is O=S(=O)(NCCC1OCCO1)c1ccccc1. The molecule has 0 unspecified atom stereocenters. The van der Waals surface area contributed by atoms with Crippen molar-refractivity contribution in [1.82, 2.24) is 4.72 Å². The molecule has 2 rings (SSSR count). The van der Waals surface area contributed by atoms with E-state index in [1.54, 1.807) is 30.3 Å². The van der Waals surface area contributed by atoms with Crippen molar-refractivity contribution in [3.8, 4) is 0 Å². The fourth-order valence-electron chi connectivity index (χ4n) is 1.57. The van der Waals surface area contributed by atoms with E-state index in [9.17, 15) is 8.42 Å². The van der Waals surface area contributed by atoms with Gasteiger partial charge in [-0.1, -0.05) is 18.2 Å². The number of rotatable bonds is 5. The molecule has 6 heteroatoms. The van der Waals surface area contributed by atoms with E-state index < -0.39 is 10.0 Å². The molecule has 0 aromatic heterocycles. The van der Waals surface area contributed by atoms with Gasteiger partial charge in [0.1, 0.15) is 0 Å². The molecule has 1 heterocycles. The molecule has 1 aromatic rings. The Labute approximate surface area is 101 Å². The van der Waals surface area contributed by atoms with Gasteiger partial charge in [0.05, 0.1) is 18.1 Å². The standard InChI is InChI=1S/C11H15NO4S/c13-17(14,10-4-2-1-3-5-10)12-7-6-11-15-8-9-16-11/h1-5,11-12H,6-9H2. The van der Waals surface area contributed by atoms with E-state index in [2.05, 4.69) is 4.72 Å². The smallest absolute Gasteiger partial charge is 0.240 e. The van der Waals surface area contributed by atoms with Crippen LogP contribution in [0.15, 0.2) is 35.2 Å². The highest BCUT2D eigenvalue weighted by Crippen LogP contribution is 2.09. The van der Waals surface area contributed by atoms with Gasteiger partial charge in [-0.25, -0.2) is 13.1 Å². The summed E-state index contributed by atoms with van der Waals surface area (Å²) < 4.78 is 36.6. The summed E-state index contributed by atoms with van der Waals surface area (Å²) in [6, 6.07) is 8.28. The number of benzene rings is 1. The van der Waals surface area contributed by atoms with Crippen molar-refractivity contribution in [3.63, 3.8) is 0 Å². The molecule has 0 radical (unpaired) electrons. The minimum Gasteiger partial charge on any atom is -0.350 e. The maximum absolute atomic E-state index is 11.8. The van der Waals surface area contributed by atoms with Gasteiger partial charge in [-0.05, 0) is 12.1 Å². The van der Waals surface area contributed by atoms with Crippen molar-refractivity contribution in [2.24, 2.45) is 0 Å². The lowest BCUT2D eigenvalue weighted by Crippen LogP contribution is -2.27. The molecule has 0 saturated carbocycles. The lowest BCUT2D eigenvalue weighted by Gasteiger charge is -2.10. The van der Waals surface area contributed by atoms with Crippen molar-refractivity contribution < 1.29 is 17.9 Å². The summed E-state index contributed by atoms with van der Waals surface area (Å²) in [5.41, 5.74) is 0. The van der Waals surface area contributed by atoms with Crippen molar-refractivity contribution in [3.05, 3.63) is 30.3 Å². The summed E-state index contributed by atoms with van der Waals surface area (Å²) >= 11 is 0. The summed E-state index contributed by atoms with van der Waals surface area (Å²) in [6.07, 6.45) is 0.236. The molecule has 1 fully saturated rings. The highest BCUT2D eigenvalue weighted by atomic mass is 32.2. The van der Waals surface area contributed by atoms with E-state index in [-0.39, 0.29) is 11.2 Å². The summed E-state index contributed by atoms with van der Waals surface area (Å²) in [6.45, 7) is 1.47. The molecule has 17 heavy (non-hydrogen) atoms. The zero-order chi connectivity index (χ0) is 12.1. The van der Waals surface area contributed by atoms with Gasteiger partial charge in [-0.15, -0.1) is 0 Å². The first-order valence-electron chi connectivity index (χ1n) is 5.46. The van der Waals surface area contributed by atoms with Gasteiger partial charge in [0.25, 0.3) is 0 Å². The van der Waals surface area contributed by atoms with E-state index in [0.717, 1.165) is 0 Å². The molecule has 1 aliphatic heterocycles. The summed E-state index contributed by atoms with van der Waals surface area (Å²) in [7, 11) is -3.41. The zero-order valence-electron chi connectivity index (χ0n) is 9.33. The van der Waals surface area contributed by atoms with E-state index in [1.165, 1.54) is 0 Å². The first kappa shape index (κ1) is 12.5. The van der Waals surface area contributed by atoms with E-state index in [0.29, 0.717) is 26.2 Å². The van der Waals surface area contributed by atoms with E-state index >= 15 is 0 Å². The van der Waals surface area contributed by atoms with E-state index in [4.69, 9.17) is 9.47 Å². The van der Waals surface area contributed by atoms with Crippen LogP contribution < -0.4 is 4.72 Å². The first-order chi connectivity index (χ1) is 8.18. The minimum atomic E-state index is -3.41. The van der Waals surface area contributed by atoms with Gasteiger partial charge in [-0.3, -0.25) is 0 Å². The Hall–Kier alpha value is -0.950. The van der Waals surface area contributed by atoms with Gasteiger partial charge in [-0.2, -0.15) is 0 Å². The molecular weight excluding hydrogens is 242 g/mol. The monoisotopic (exact) mass is 257 g/mol. The largest absolute Gasteiger partial charge is 0.350 e. The molecule has 0 atom stereocenters. The first-order valence-corrected chi connectivity index (χ1v) is 6.95. The van der Waals surface area contributed by atoms with Gasteiger partial charge in [0, 0.05) is 13.0 Å². The average Bonchev–Trinajstić information content (AvgIpc) is 2.83. The maximum atomic E-state index is 11.8. The Kier molecular flexibility index (Phi) is 4.11. The molecule has 0 amide bonds. The lowest BCUT2D eigenvalue weighted by atomic mass is 10.4. The van der Waals surface area contributed by atoms with Crippen LogP contribution in [0.2, 0.25) is 0 Å². The zero-order valence-corrected chi connectivity index (χ0v) is 10.2. The molecule has 0 spiro atoms. The van der Waals surface area contributed by atoms with Crippen LogP contribution in [0.4, 0.5) is 0 Å². The summed E-state index contributed by atoms with van der Waals surface area (Å²) in [5.74, 6) is 0. The fourth-order valence-corrected chi connectivity index (χ4v) is 2.64. The van der Waals surface area contributed by atoms with Gasteiger partial charge < -0.3 is 9.47 Å². The number of sulfonamides is 1. The number of ether oxygens (including phenoxy) is 2. The Morgan fingerprint density at radius 1 is 1.18 bits per heavy atom. The number of hydrogen-bond acceptors (Lipinski definition) is 4. The Morgan fingerprint density at radius 2 is 1.82 bits per heavy atom. The van der Waals surface area contributed by atoms with Crippen molar-refractivity contribution >= 4 is 10.0 Å². The van der Waals surface area contributed by atoms with Crippen LogP contribution in [0.3, 0.4) is 0 Å². The fraction of sp³-hybridized carbons (Fsp3) is 0.455. The van der Waals surface area contributed by atoms with Crippen LogP contribution in [-0.4, -0.2) is 34.5 Å². The molecule has 1 N–H and O–H groups in total. The molecule has 1 aromatic carbocycles. The highest BCUT2D eigenvalue weighted by molar-refractivity contribution is 7.89. The number of hydrogen-bond donors (Lipinski definition) is 1. The Morgan fingerprint density at radius 3 is 2.47 bits per heavy atom. The third-order valence-electron chi connectivity index (χ3n) is 2.42. The normalized spacial score (nSPS) is 17.4. The van der Waals surface area contributed by atoms with E-state index in [1.807, 2.05) is 0 Å². The maximum Gasteiger partial charge on any atom is 0.240 e. The van der Waals surface area contributed by atoms with Crippen LogP contribution >= 0.6 is 0 Å².